The molecule has 0 bridgehead atoms. The molecule has 0 radical (unpaired) electrons. The summed E-state index contributed by atoms with van der Waals surface area (Å²) in [4.78, 5) is 29.3. The molecule has 0 saturated heterocycles. The molecule has 0 aliphatic carbocycles. The number of hydrogen-bond donors (Lipinski definition) is 1. The second kappa shape index (κ2) is 15.6. The van der Waals surface area contributed by atoms with Crippen molar-refractivity contribution in [1.29, 1.82) is 0 Å². The number of unbranched alkanes of at least 4 members (excludes halogenated alkanes) is 1. The van der Waals surface area contributed by atoms with Gasteiger partial charge in [0.1, 0.15) is 12.6 Å². The van der Waals surface area contributed by atoms with Crippen molar-refractivity contribution < 1.29 is 27.5 Å². The van der Waals surface area contributed by atoms with Gasteiger partial charge in [0.2, 0.25) is 21.8 Å². The number of carbonyl (C=O) groups is 2. The second-order valence-electron chi connectivity index (χ2n) is 9.81. The Morgan fingerprint density at radius 2 is 1.60 bits per heavy atom. The lowest BCUT2D eigenvalue weighted by molar-refractivity contribution is -0.140. The minimum Gasteiger partial charge on any atom is -0.493 e. The number of carbonyl (C=O) groups excluding carboxylic acids is 2. The molecule has 9 nitrogen and oxygen atoms in total. The van der Waals surface area contributed by atoms with Gasteiger partial charge in [-0.05, 0) is 41.8 Å². The molecule has 0 spiro atoms. The molecule has 0 aliphatic rings. The first kappa shape index (κ1) is 32.9. The van der Waals surface area contributed by atoms with Crippen LogP contribution in [0.2, 0.25) is 0 Å². The van der Waals surface area contributed by atoms with E-state index >= 15 is 0 Å². The number of nitrogens with one attached hydrogen (secondary N) is 1. The van der Waals surface area contributed by atoms with Crippen molar-refractivity contribution in [1.82, 2.24) is 10.2 Å². The molecule has 3 aromatic rings. The molecule has 2 amide bonds. The molecule has 3 rings (SSSR count). The summed E-state index contributed by atoms with van der Waals surface area (Å²) >= 11 is 3.44. The maximum Gasteiger partial charge on any atom is 0.244 e. The summed E-state index contributed by atoms with van der Waals surface area (Å²) in [6, 6.07) is 20.6. The summed E-state index contributed by atoms with van der Waals surface area (Å²) in [5, 5.41) is 2.97. The van der Waals surface area contributed by atoms with Gasteiger partial charge in [-0.15, -0.1) is 0 Å². The average molecular weight is 661 g/mol. The molecular weight excluding hydrogens is 622 g/mol. The van der Waals surface area contributed by atoms with Crippen molar-refractivity contribution in [3.05, 3.63) is 88.4 Å². The van der Waals surface area contributed by atoms with E-state index in [9.17, 15) is 18.0 Å². The van der Waals surface area contributed by atoms with Crippen molar-refractivity contribution in [2.24, 2.45) is 0 Å². The third-order valence-electron chi connectivity index (χ3n) is 6.70. The van der Waals surface area contributed by atoms with Gasteiger partial charge in [-0.1, -0.05) is 71.7 Å². The molecule has 1 atom stereocenters. The normalized spacial score (nSPS) is 11.8. The molecule has 1 N–H and O–H groups in total. The second-order valence-corrected chi connectivity index (χ2v) is 12.6. The predicted octanol–water partition coefficient (Wildman–Crippen LogP) is 4.79. The minimum absolute atomic E-state index is 0.106. The fourth-order valence-electron chi connectivity index (χ4n) is 4.44. The zero-order valence-electron chi connectivity index (χ0n) is 24.4. The molecule has 0 aromatic heterocycles. The first-order valence-corrected chi connectivity index (χ1v) is 16.3. The number of anilines is 1. The molecule has 0 saturated carbocycles. The topological polar surface area (TPSA) is 105 Å². The smallest absolute Gasteiger partial charge is 0.244 e. The SMILES string of the molecule is CCCCNC(=O)[C@@H](Cc1ccccc1)N(Cc1ccc(Br)cc1)C(=O)CN(c1ccc(OC)c(OC)c1)S(C)(=O)=O. The van der Waals surface area contributed by atoms with Gasteiger partial charge >= 0.3 is 0 Å². The zero-order chi connectivity index (χ0) is 30.7. The number of benzene rings is 3. The van der Waals surface area contributed by atoms with E-state index in [2.05, 4.69) is 21.2 Å². The molecule has 0 fully saturated rings. The molecule has 226 valence electrons. The monoisotopic (exact) mass is 659 g/mol. The Hall–Kier alpha value is -3.57. The van der Waals surface area contributed by atoms with Crippen LogP contribution in [0.25, 0.3) is 0 Å². The molecule has 0 unspecified atom stereocenters. The number of methoxy groups -OCH3 is 2. The summed E-state index contributed by atoms with van der Waals surface area (Å²) in [6.07, 6.45) is 3.00. The average Bonchev–Trinajstić information content (AvgIpc) is 2.98. The van der Waals surface area contributed by atoms with Gasteiger partial charge in [-0.2, -0.15) is 0 Å². The van der Waals surface area contributed by atoms with Crippen molar-refractivity contribution in [2.45, 2.75) is 38.8 Å². The number of hydrogen-bond acceptors (Lipinski definition) is 6. The molecule has 0 heterocycles. The maximum absolute atomic E-state index is 14.2. The fourth-order valence-corrected chi connectivity index (χ4v) is 5.55. The van der Waals surface area contributed by atoms with Crippen LogP contribution in [0.3, 0.4) is 0 Å². The molecule has 42 heavy (non-hydrogen) atoms. The Morgan fingerprint density at radius 1 is 0.929 bits per heavy atom. The third kappa shape index (κ3) is 9.22. The maximum atomic E-state index is 14.2. The fraction of sp³-hybridized carbons (Fsp3) is 0.355. The van der Waals surface area contributed by atoms with E-state index in [0.29, 0.717) is 18.0 Å². The van der Waals surface area contributed by atoms with Crippen LogP contribution in [-0.2, 0) is 32.6 Å². The van der Waals surface area contributed by atoms with E-state index in [1.807, 2.05) is 61.5 Å². The highest BCUT2D eigenvalue weighted by atomic mass is 79.9. The lowest BCUT2D eigenvalue weighted by Crippen LogP contribution is -2.53. The van der Waals surface area contributed by atoms with Crippen LogP contribution in [0.15, 0.2) is 77.3 Å². The first-order valence-electron chi connectivity index (χ1n) is 13.6. The number of rotatable bonds is 15. The van der Waals surface area contributed by atoms with Crippen LogP contribution >= 0.6 is 15.9 Å². The van der Waals surface area contributed by atoms with Crippen LogP contribution in [0, 0.1) is 0 Å². The number of ether oxygens (including phenoxy) is 2. The van der Waals surface area contributed by atoms with Crippen molar-refractivity contribution in [3.63, 3.8) is 0 Å². The van der Waals surface area contributed by atoms with Gasteiger partial charge in [0.25, 0.3) is 0 Å². The van der Waals surface area contributed by atoms with E-state index in [-0.39, 0.29) is 24.6 Å². The molecule has 3 aromatic carbocycles. The van der Waals surface area contributed by atoms with Crippen molar-refractivity contribution in [2.75, 3.05) is 37.9 Å². The Kier molecular flexibility index (Phi) is 12.2. The number of sulfonamides is 1. The number of halogens is 1. The van der Waals surface area contributed by atoms with Crippen molar-refractivity contribution in [3.8, 4) is 11.5 Å². The first-order chi connectivity index (χ1) is 20.1. The Labute approximate surface area is 257 Å². The van der Waals surface area contributed by atoms with Crippen LogP contribution in [0.5, 0.6) is 11.5 Å². The molecule has 0 aliphatic heterocycles. The zero-order valence-corrected chi connectivity index (χ0v) is 26.8. The largest absolute Gasteiger partial charge is 0.493 e. The summed E-state index contributed by atoms with van der Waals surface area (Å²) in [7, 11) is -0.982. The van der Waals surface area contributed by atoms with Crippen LogP contribution in [0.1, 0.15) is 30.9 Å². The summed E-state index contributed by atoms with van der Waals surface area (Å²) in [6.45, 7) is 2.10. The Morgan fingerprint density at radius 3 is 2.19 bits per heavy atom. The predicted molar refractivity (Wildman–Crippen MR) is 168 cm³/mol. The van der Waals surface area contributed by atoms with Crippen LogP contribution in [0.4, 0.5) is 5.69 Å². The van der Waals surface area contributed by atoms with E-state index in [0.717, 1.165) is 39.0 Å². The molecular formula is C31H38BrN3O6S. The highest BCUT2D eigenvalue weighted by molar-refractivity contribution is 9.10. The highest BCUT2D eigenvalue weighted by Gasteiger charge is 2.33. The van der Waals surface area contributed by atoms with Gasteiger partial charge in [0.15, 0.2) is 11.5 Å². The van der Waals surface area contributed by atoms with Gasteiger partial charge in [-0.25, -0.2) is 8.42 Å². The van der Waals surface area contributed by atoms with Crippen LogP contribution in [-0.4, -0.2) is 64.7 Å². The van der Waals surface area contributed by atoms with Gasteiger partial charge in [-0.3, -0.25) is 13.9 Å². The van der Waals surface area contributed by atoms with Crippen molar-refractivity contribution >= 4 is 43.5 Å². The summed E-state index contributed by atoms with van der Waals surface area (Å²) in [5.74, 6) is -0.0795. The lowest BCUT2D eigenvalue weighted by atomic mass is 10.0. The Bertz CT molecular complexity index is 1430. The summed E-state index contributed by atoms with van der Waals surface area (Å²) in [5.41, 5.74) is 1.91. The van der Waals surface area contributed by atoms with Gasteiger partial charge < -0.3 is 19.7 Å². The van der Waals surface area contributed by atoms with E-state index < -0.39 is 28.5 Å². The highest BCUT2D eigenvalue weighted by Crippen LogP contribution is 2.32. The Balaban J connectivity index is 2.05. The summed E-state index contributed by atoms with van der Waals surface area (Å²) < 4.78 is 38.6. The number of amides is 2. The van der Waals surface area contributed by atoms with E-state index in [1.165, 1.54) is 25.2 Å². The lowest BCUT2D eigenvalue weighted by Gasteiger charge is -2.33. The van der Waals surface area contributed by atoms with Gasteiger partial charge in [0, 0.05) is 30.0 Å². The third-order valence-corrected chi connectivity index (χ3v) is 8.37. The van der Waals surface area contributed by atoms with Gasteiger partial charge in [0.05, 0.1) is 26.2 Å². The van der Waals surface area contributed by atoms with E-state index in [1.54, 1.807) is 12.1 Å². The quantitative estimate of drug-likeness (QED) is 0.235. The van der Waals surface area contributed by atoms with Crippen LogP contribution < -0.4 is 19.1 Å². The standard InChI is InChI=1S/C31H38BrN3O6S/c1-5-6-18-33-31(37)27(19-23-10-8-7-9-11-23)34(21-24-12-14-25(32)15-13-24)30(36)22-35(42(4,38)39)26-16-17-28(40-2)29(20-26)41-3/h7-17,20,27H,5-6,18-19,21-22H2,1-4H3,(H,33,37)/t27-/m1/s1. The van der Waals surface area contributed by atoms with E-state index in [4.69, 9.17) is 9.47 Å². The number of nitrogens with zero attached hydrogens (tertiary/aromatic N) is 2. The minimum atomic E-state index is -3.91. The molecule has 11 heteroatoms.